The molecule has 1 aromatic heterocycles. The van der Waals surface area contributed by atoms with Crippen molar-refractivity contribution in [2.45, 2.75) is 12.8 Å². The Morgan fingerprint density at radius 2 is 1.89 bits per heavy atom. The van der Waals surface area contributed by atoms with Gasteiger partial charge in [-0.2, -0.15) is 0 Å². The smallest absolute Gasteiger partial charge is 0.130 e. The second-order valence-electron chi connectivity index (χ2n) is 4.37. The van der Waals surface area contributed by atoms with E-state index >= 15 is 0 Å². The first kappa shape index (κ1) is 13.5. The summed E-state index contributed by atoms with van der Waals surface area (Å²) in [6, 6.07) is 6.25. The van der Waals surface area contributed by atoms with E-state index in [1.54, 1.807) is 6.33 Å². The molecular weight excluding hydrogens is 238 g/mol. The minimum absolute atomic E-state index is 0.803. The highest BCUT2D eigenvalue weighted by Crippen LogP contribution is 2.35. The molecule has 19 heavy (non-hydrogen) atoms. The standard InChI is InChI=1S/C13H12N2O.C2H7N/c1-3-10-4-2-6-16-13(10)12(5-1)11-7-14-9-15-8-11;1-3-2/h1,3,5,7-9H,2,4,6H2;3H,1-2H3. The third-order valence-corrected chi connectivity index (χ3v) is 2.81. The van der Waals surface area contributed by atoms with Crippen molar-refractivity contribution in [3.8, 4) is 16.9 Å². The molecule has 0 bridgehead atoms. The SMILES string of the molecule is CNC.c1cc2c(c(-c3cncnc3)c1)OCCC2. The van der Waals surface area contributed by atoms with Crippen molar-refractivity contribution in [3.63, 3.8) is 0 Å². The highest BCUT2D eigenvalue weighted by molar-refractivity contribution is 5.71. The Morgan fingerprint density at radius 1 is 1.16 bits per heavy atom. The number of para-hydroxylation sites is 1. The lowest BCUT2D eigenvalue weighted by Gasteiger charge is -2.20. The summed E-state index contributed by atoms with van der Waals surface area (Å²) in [6.45, 7) is 0.803. The zero-order valence-corrected chi connectivity index (χ0v) is 11.4. The van der Waals surface area contributed by atoms with E-state index in [9.17, 15) is 0 Å². The Kier molecular flexibility index (Phi) is 4.86. The molecule has 0 aliphatic carbocycles. The van der Waals surface area contributed by atoms with Crippen molar-refractivity contribution in [2.75, 3.05) is 20.7 Å². The monoisotopic (exact) mass is 257 g/mol. The molecule has 0 fully saturated rings. The summed E-state index contributed by atoms with van der Waals surface area (Å²) in [6.07, 6.45) is 7.37. The van der Waals surface area contributed by atoms with Gasteiger partial charge in [0.05, 0.1) is 6.61 Å². The predicted molar refractivity (Wildman–Crippen MR) is 76.3 cm³/mol. The molecule has 4 heteroatoms. The van der Waals surface area contributed by atoms with Crippen molar-refractivity contribution in [3.05, 3.63) is 42.5 Å². The summed E-state index contributed by atoms with van der Waals surface area (Å²) in [5, 5.41) is 2.75. The number of fused-ring (bicyclic) bond motifs is 1. The van der Waals surface area contributed by atoms with Gasteiger partial charge >= 0.3 is 0 Å². The summed E-state index contributed by atoms with van der Waals surface area (Å²) < 4.78 is 5.75. The van der Waals surface area contributed by atoms with E-state index in [0.717, 1.165) is 36.3 Å². The van der Waals surface area contributed by atoms with Crippen LogP contribution in [-0.2, 0) is 6.42 Å². The molecule has 1 aliphatic heterocycles. The van der Waals surface area contributed by atoms with Crippen molar-refractivity contribution >= 4 is 0 Å². The number of ether oxygens (including phenoxy) is 1. The lowest BCUT2D eigenvalue weighted by atomic mass is 9.99. The van der Waals surface area contributed by atoms with Crippen LogP contribution in [0.1, 0.15) is 12.0 Å². The molecule has 1 aliphatic rings. The fraction of sp³-hybridized carbons (Fsp3) is 0.333. The molecule has 1 aromatic carbocycles. The first-order valence-corrected chi connectivity index (χ1v) is 6.45. The van der Waals surface area contributed by atoms with Gasteiger partial charge in [0.2, 0.25) is 0 Å². The average Bonchev–Trinajstić information content (AvgIpc) is 2.48. The molecule has 2 aromatic rings. The van der Waals surface area contributed by atoms with Gasteiger partial charge in [0.1, 0.15) is 12.1 Å². The minimum Gasteiger partial charge on any atom is -0.493 e. The van der Waals surface area contributed by atoms with Crippen molar-refractivity contribution in [2.24, 2.45) is 0 Å². The zero-order chi connectivity index (χ0) is 13.5. The van der Waals surface area contributed by atoms with Crippen molar-refractivity contribution in [1.29, 1.82) is 0 Å². The lowest BCUT2D eigenvalue weighted by Crippen LogP contribution is -2.09. The Balaban J connectivity index is 0.000000408. The van der Waals surface area contributed by atoms with Gasteiger partial charge in [-0.05, 0) is 32.5 Å². The number of nitrogens with one attached hydrogen (secondary N) is 1. The third kappa shape index (κ3) is 3.29. The fourth-order valence-corrected chi connectivity index (χ4v) is 2.05. The van der Waals surface area contributed by atoms with Crippen LogP contribution in [0.15, 0.2) is 36.9 Å². The molecule has 0 atom stereocenters. The van der Waals surface area contributed by atoms with Gasteiger partial charge in [-0.1, -0.05) is 18.2 Å². The van der Waals surface area contributed by atoms with Crippen LogP contribution in [0.4, 0.5) is 0 Å². The van der Waals surface area contributed by atoms with E-state index in [1.165, 1.54) is 5.56 Å². The van der Waals surface area contributed by atoms with Crippen molar-refractivity contribution in [1.82, 2.24) is 15.3 Å². The maximum absolute atomic E-state index is 5.75. The van der Waals surface area contributed by atoms with Crippen LogP contribution in [0, 0.1) is 0 Å². The number of benzene rings is 1. The van der Waals surface area contributed by atoms with Gasteiger partial charge in [0.25, 0.3) is 0 Å². The number of rotatable bonds is 1. The lowest BCUT2D eigenvalue weighted by molar-refractivity contribution is 0.289. The number of aryl methyl sites for hydroxylation is 1. The normalized spacial score (nSPS) is 12.7. The maximum Gasteiger partial charge on any atom is 0.130 e. The number of nitrogens with zero attached hydrogens (tertiary/aromatic N) is 2. The highest BCUT2D eigenvalue weighted by Gasteiger charge is 2.15. The average molecular weight is 257 g/mol. The van der Waals surface area contributed by atoms with E-state index in [4.69, 9.17) is 4.74 Å². The molecule has 0 saturated carbocycles. The van der Waals surface area contributed by atoms with E-state index in [1.807, 2.05) is 26.5 Å². The maximum atomic E-state index is 5.75. The first-order valence-electron chi connectivity index (χ1n) is 6.45. The van der Waals surface area contributed by atoms with Gasteiger partial charge < -0.3 is 10.1 Å². The van der Waals surface area contributed by atoms with Crippen LogP contribution in [0.25, 0.3) is 11.1 Å². The predicted octanol–water partition coefficient (Wildman–Crippen LogP) is 2.30. The van der Waals surface area contributed by atoms with Crippen LogP contribution in [0.5, 0.6) is 5.75 Å². The van der Waals surface area contributed by atoms with Gasteiger partial charge in [-0.25, -0.2) is 9.97 Å². The van der Waals surface area contributed by atoms with E-state index in [0.29, 0.717) is 0 Å². The van der Waals surface area contributed by atoms with Gasteiger partial charge in [0, 0.05) is 23.5 Å². The first-order chi connectivity index (χ1) is 9.36. The summed E-state index contributed by atoms with van der Waals surface area (Å²) in [5.74, 6) is 1.00. The number of hydrogen-bond donors (Lipinski definition) is 1. The Bertz CT molecular complexity index is 514. The molecule has 0 unspecified atom stereocenters. The summed E-state index contributed by atoms with van der Waals surface area (Å²) in [5.41, 5.74) is 3.40. The summed E-state index contributed by atoms with van der Waals surface area (Å²) in [4.78, 5) is 8.09. The van der Waals surface area contributed by atoms with Crippen molar-refractivity contribution < 1.29 is 4.74 Å². The number of hydrogen-bond acceptors (Lipinski definition) is 4. The van der Waals surface area contributed by atoms with Crippen LogP contribution in [-0.4, -0.2) is 30.7 Å². The Hall–Kier alpha value is -1.94. The number of aromatic nitrogens is 2. The summed E-state index contributed by atoms with van der Waals surface area (Å²) in [7, 11) is 3.75. The molecule has 100 valence electrons. The van der Waals surface area contributed by atoms with Crippen LogP contribution < -0.4 is 10.1 Å². The molecular formula is C15H19N3O. The van der Waals surface area contributed by atoms with Crippen LogP contribution >= 0.6 is 0 Å². The quantitative estimate of drug-likeness (QED) is 0.851. The topological polar surface area (TPSA) is 47.0 Å². The Labute approximate surface area is 113 Å². The molecule has 3 rings (SSSR count). The second kappa shape index (κ2) is 6.85. The molecule has 0 spiro atoms. The van der Waals surface area contributed by atoms with Crippen LogP contribution in [0.2, 0.25) is 0 Å². The van der Waals surface area contributed by atoms with Gasteiger partial charge in [-0.15, -0.1) is 0 Å². The molecule has 4 nitrogen and oxygen atoms in total. The van der Waals surface area contributed by atoms with Gasteiger partial charge in [0.15, 0.2) is 0 Å². The molecule has 2 heterocycles. The van der Waals surface area contributed by atoms with Crippen LogP contribution in [0.3, 0.4) is 0 Å². The molecule has 1 N–H and O–H groups in total. The minimum atomic E-state index is 0.803. The molecule has 0 saturated heterocycles. The zero-order valence-electron chi connectivity index (χ0n) is 11.4. The Morgan fingerprint density at radius 3 is 2.63 bits per heavy atom. The molecule has 0 radical (unpaired) electrons. The largest absolute Gasteiger partial charge is 0.493 e. The summed E-state index contributed by atoms with van der Waals surface area (Å²) >= 11 is 0. The fourth-order valence-electron chi connectivity index (χ4n) is 2.05. The van der Waals surface area contributed by atoms with E-state index in [-0.39, 0.29) is 0 Å². The van der Waals surface area contributed by atoms with Gasteiger partial charge in [-0.3, -0.25) is 0 Å². The molecule has 0 amide bonds. The van der Waals surface area contributed by atoms with E-state index < -0.39 is 0 Å². The van der Waals surface area contributed by atoms with E-state index in [2.05, 4.69) is 33.5 Å². The third-order valence-electron chi connectivity index (χ3n) is 2.81. The highest BCUT2D eigenvalue weighted by atomic mass is 16.5. The second-order valence-corrected chi connectivity index (χ2v) is 4.37.